The van der Waals surface area contributed by atoms with Crippen molar-refractivity contribution < 1.29 is 16.5 Å². The number of nitrogens with zero attached hydrogens (tertiary/aromatic N) is 1. The van der Waals surface area contributed by atoms with Crippen LogP contribution in [-0.4, -0.2) is 4.98 Å². The predicted octanol–water partition coefficient (Wildman–Crippen LogP) is 1.63. The topological polar surface area (TPSA) is 36.7 Å². The number of pyridine rings is 1. The molecule has 9 heavy (non-hydrogen) atoms. The van der Waals surface area contributed by atoms with E-state index in [1.54, 1.807) is 6.20 Å². The molecule has 1 N–H and O–H groups in total. The van der Waals surface area contributed by atoms with Gasteiger partial charge in [0.15, 0.2) is 0 Å². The molecule has 1 aromatic rings. The van der Waals surface area contributed by atoms with E-state index in [-0.39, 0.29) is 23.0 Å². The Bertz CT molecular complexity index is 152. The first-order valence-electron chi connectivity index (χ1n) is 2.48. The van der Waals surface area contributed by atoms with E-state index in [2.05, 4.69) is 4.98 Å². The first kappa shape index (κ1) is 8.60. The van der Waals surface area contributed by atoms with Gasteiger partial charge in [-0.2, -0.15) is 0 Å². The van der Waals surface area contributed by atoms with E-state index in [9.17, 15) is 0 Å². The van der Waals surface area contributed by atoms with Crippen molar-refractivity contribution in [2.24, 2.45) is 0 Å². The molecule has 1 aromatic heterocycles. The summed E-state index contributed by atoms with van der Waals surface area (Å²) in [6.07, 6.45) is 1.70. The van der Waals surface area contributed by atoms with Crippen LogP contribution >= 0.6 is 0 Å². The molecule has 0 fully saturated rings. The minimum Gasteiger partial charge on any atom is -0.672 e. The van der Waals surface area contributed by atoms with E-state index in [0.29, 0.717) is 0 Å². The first-order valence-corrected chi connectivity index (χ1v) is 2.48. The van der Waals surface area contributed by atoms with Crippen molar-refractivity contribution in [3.63, 3.8) is 0 Å². The Hall–Kier alpha value is -0.396. The molecular weight excluding hydrogens is 159 g/mol. The molecule has 0 unspecified atom stereocenters. The second kappa shape index (κ2) is 4.48. The maximum atomic E-state index is 6.88. The largest absolute Gasteiger partial charge is 0.672 e. The molecule has 2 nitrogen and oxygen atoms in total. The number of hydrogen-bond acceptors (Lipinski definition) is 1. The zero-order valence-electron chi connectivity index (χ0n) is 4.78. The predicted molar refractivity (Wildman–Crippen MR) is 32.3 cm³/mol. The summed E-state index contributed by atoms with van der Waals surface area (Å²) in [5.74, 6) is 0. The molecule has 0 spiro atoms. The summed E-state index contributed by atoms with van der Waals surface area (Å²) in [5, 5.41) is 0. The fourth-order valence-electron chi connectivity index (χ4n) is 0.503. The van der Waals surface area contributed by atoms with Gasteiger partial charge in [0.2, 0.25) is 0 Å². The SMILES string of the molecule is [NH-]Cc1ccccn1.[Ni]. The van der Waals surface area contributed by atoms with Gasteiger partial charge in [-0.3, -0.25) is 4.98 Å². The van der Waals surface area contributed by atoms with Gasteiger partial charge in [0, 0.05) is 28.4 Å². The summed E-state index contributed by atoms with van der Waals surface area (Å²) in [6, 6.07) is 5.57. The Morgan fingerprint density at radius 3 is 2.56 bits per heavy atom. The van der Waals surface area contributed by atoms with Crippen LogP contribution < -0.4 is 0 Å². The average molecular weight is 166 g/mol. The molecule has 0 aromatic carbocycles. The normalized spacial score (nSPS) is 8.11. The third kappa shape index (κ3) is 2.59. The van der Waals surface area contributed by atoms with Crippen molar-refractivity contribution in [3.8, 4) is 0 Å². The second-order valence-corrected chi connectivity index (χ2v) is 1.50. The van der Waals surface area contributed by atoms with Crippen LogP contribution in [-0.2, 0) is 23.0 Å². The van der Waals surface area contributed by atoms with Gasteiger partial charge in [0.05, 0.1) is 0 Å². The molecule has 0 aliphatic rings. The summed E-state index contributed by atoms with van der Waals surface area (Å²) >= 11 is 0. The maximum Gasteiger partial charge on any atom is 0.0270 e. The summed E-state index contributed by atoms with van der Waals surface area (Å²) in [5.41, 5.74) is 7.71. The minimum atomic E-state index is 0. The van der Waals surface area contributed by atoms with Gasteiger partial charge in [0.1, 0.15) is 0 Å². The molecule has 3 heteroatoms. The van der Waals surface area contributed by atoms with E-state index in [0.717, 1.165) is 5.69 Å². The van der Waals surface area contributed by atoms with Crippen molar-refractivity contribution in [2.45, 2.75) is 6.54 Å². The third-order valence-electron chi connectivity index (χ3n) is 0.907. The Kier molecular flexibility index (Phi) is 4.28. The van der Waals surface area contributed by atoms with E-state index < -0.39 is 0 Å². The standard InChI is InChI=1S/C6H7N2.Ni/c7-5-6-3-1-2-4-8-6;/h1-4,7H,5H2;/q-1;. The molecule has 0 saturated heterocycles. The van der Waals surface area contributed by atoms with E-state index in [1.165, 1.54) is 0 Å². The number of hydrogen-bond donors (Lipinski definition) is 0. The van der Waals surface area contributed by atoms with Crippen LogP contribution in [0.2, 0.25) is 0 Å². The van der Waals surface area contributed by atoms with Crippen molar-refractivity contribution in [1.29, 1.82) is 0 Å². The van der Waals surface area contributed by atoms with Crippen LogP contribution in [0.25, 0.3) is 5.73 Å². The molecule has 0 bridgehead atoms. The van der Waals surface area contributed by atoms with Gasteiger partial charge < -0.3 is 5.73 Å². The number of nitrogens with one attached hydrogen (secondary N) is 1. The average Bonchev–Trinajstić information content (AvgIpc) is 1.90. The molecule has 52 valence electrons. The smallest absolute Gasteiger partial charge is 0.0270 e. The first-order chi connectivity index (χ1) is 3.93. The van der Waals surface area contributed by atoms with Crippen LogP contribution in [0.3, 0.4) is 0 Å². The van der Waals surface area contributed by atoms with E-state index in [1.807, 2.05) is 18.2 Å². The molecule has 0 saturated carbocycles. The summed E-state index contributed by atoms with van der Waals surface area (Å²) in [6.45, 7) is 0.279. The molecule has 0 aliphatic carbocycles. The molecular formula is C6H7N2Ni-. The van der Waals surface area contributed by atoms with Crippen molar-refractivity contribution in [1.82, 2.24) is 4.98 Å². The summed E-state index contributed by atoms with van der Waals surface area (Å²) in [7, 11) is 0. The zero-order chi connectivity index (χ0) is 5.82. The van der Waals surface area contributed by atoms with Crippen LogP contribution in [0.5, 0.6) is 0 Å². The Labute approximate surface area is 64.4 Å². The van der Waals surface area contributed by atoms with Gasteiger partial charge >= 0.3 is 0 Å². The Morgan fingerprint density at radius 2 is 2.22 bits per heavy atom. The van der Waals surface area contributed by atoms with E-state index >= 15 is 0 Å². The molecule has 0 radical (unpaired) electrons. The quantitative estimate of drug-likeness (QED) is 0.583. The maximum absolute atomic E-state index is 6.88. The molecule has 0 amide bonds. The molecule has 0 atom stereocenters. The van der Waals surface area contributed by atoms with E-state index in [4.69, 9.17) is 5.73 Å². The minimum absolute atomic E-state index is 0. The van der Waals surface area contributed by atoms with Crippen LogP contribution in [0.15, 0.2) is 24.4 Å². The summed E-state index contributed by atoms with van der Waals surface area (Å²) < 4.78 is 0. The number of rotatable bonds is 1. The third-order valence-corrected chi connectivity index (χ3v) is 0.907. The van der Waals surface area contributed by atoms with Gasteiger partial charge in [-0.1, -0.05) is 6.07 Å². The Balaban J connectivity index is 0.000000640. The summed E-state index contributed by atoms with van der Waals surface area (Å²) in [4.78, 5) is 3.91. The number of aromatic nitrogens is 1. The fraction of sp³-hybridized carbons (Fsp3) is 0.167. The zero-order valence-corrected chi connectivity index (χ0v) is 5.77. The fourth-order valence-corrected chi connectivity index (χ4v) is 0.503. The monoisotopic (exact) mass is 165 g/mol. The molecule has 0 aliphatic heterocycles. The van der Waals surface area contributed by atoms with Gasteiger partial charge in [-0.25, -0.2) is 0 Å². The Morgan fingerprint density at radius 1 is 1.44 bits per heavy atom. The van der Waals surface area contributed by atoms with Crippen molar-refractivity contribution in [2.75, 3.05) is 0 Å². The van der Waals surface area contributed by atoms with Crippen LogP contribution in [0, 0.1) is 0 Å². The second-order valence-electron chi connectivity index (χ2n) is 1.50. The van der Waals surface area contributed by atoms with Gasteiger partial charge in [0.25, 0.3) is 0 Å². The van der Waals surface area contributed by atoms with Crippen LogP contribution in [0.1, 0.15) is 5.69 Å². The van der Waals surface area contributed by atoms with Crippen molar-refractivity contribution >= 4 is 0 Å². The van der Waals surface area contributed by atoms with Crippen molar-refractivity contribution in [3.05, 3.63) is 35.8 Å². The van der Waals surface area contributed by atoms with Gasteiger partial charge in [-0.05, 0) is 12.1 Å². The van der Waals surface area contributed by atoms with Gasteiger partial charge in [-0.15, -0.1) is 6.54 Å². The van der Waals surface area contributed by atoms with Crippen LogP contribution in [0.4, 0.5) is 0 Å². The molecule has 1 heterocycles. The molecule has 1 rings (SSSR count).